The van der Waals surface area contributed by atoms with Crippen LogP contribution in [0.2, 0.25) is 0 Å². The van der Waals surface area contributed by atoms with Crippen molar-refractivity contribution >= 4 is 22.6 Å². The number of H-pyrrole nitrogens is 1. The molecular formula is C22H22N4O4. The molecule has 1 saturated heterocycles. The van der Waals surface area contributed by atoms with Crippen LogP contribution in [0.1, 0.15) is 12.0 Å². The van der Waals surface area contributed by atoms with E-state index in [-0.39, 0.29) is 35.9 Å². The average Bonchev–Trinajstić information content (AvgIpc) is 2.77. The van der Waals surface area contributed by atoms with E-state index in [0.717, 1.165) is 5.56 Å². The maximum absolute atomic E-state index is 12.9. The Morgan fingerprint density at radius 2 is 1.67 bits per heavy atom. The summed E-state index contributed by atoms with van der Waals surface area (Å²) in [4.78, 5) is 51.8. The van der Waals surface area contributed by atoms with Crippen LogP contribution in [0.5, 0.6) is 0 Å². The van der Waals surface area contributed by atoms with Crippen LogP contribution in [0.3, 0.4) is 0 Å². The monoisotopic (exact) mass is 406 g/mol. The molecule has 8 heteroatoms. The van der Waals surface area contributed by atoms with Gasteiger partial charge in [-0.15, -0.1) is 0 Å². The van der Waals surface area contributed by atoms with E-state index in [2.05, 4.69) is 10.4 Å². The molecule has 0 saturated carbocycles. The lowest BCUT2D eigenvalue weighted by Crippen LogP contribution is -2.58. The molecule has 8 nitrogen and oxygen atoms in total. The highest BCUT2D eigenvalue weighted by Gasteiger charge is 2.32. The van der Waals surface area contributed by atoms with Crippen LogP contribution in [-0.4, -0.2) is 45.6 Å². The quantitative estimate of drug-likeness (QED) is 0.649. The molecular weight excluding hydrogens is 384 g/mol. The second kappa shape index (κ2) is 8.36. The fourth-order valence-electron chi connectivity index (χ4n) is 3.81. The van der Waals surface area contributed by atoms with Crippen molar-refractivity contribution in [2.45, 2.75) is 25.4 Å². The van der Waals surface area contributed by atoms with E-state index in [1.807, 2.05) is 30.3 Å². The van der Waals surface area contributed by atoms with Crippen molar-refractivity contribution in [3.05, 3.63) is 80.9 Å². The smallest absolute Gasteiger partial charge is 0.273 e. The minimum Gasteiger partial charge on any atom is -0.353 e. The van der Waals surface area contributed by atoms with Crippen LogP contribution in [0.25, 0.3) is 10.8 Å². The Morgan fingerprint density at radius 1 is 0.967 bits per heavy atom. The van der Waals surface area contributed by atoms with Crippen LogP contribution in [0.4, 0.5) is 0 Å². The zero-order valence-electron chi connectivity index (χ0n) is 16.3. The number of fused-ring (bicyclic) bond motifs is 1. The van der Waals surface area contributed by atoms with E-state index < -0.39 is 6.04 Å². The van der Waals surface area contributed by atoms with E-state index in [4.69, 9.17) is 0 Å². The molecule has 0 aliphatic carbocycles. The summed E-state index contributed by atoms with van der Waals surface area (Å²) < 4.78 is 1.17. The van der Waals surface area contributed by atoms with Crippen molar-refractivity contribution in [2.75, 3.05) is 13.1 Å². The van der Waals surface area contributed by atoms with Crippen molar-refractivity contribution < 1.29 is 9.59 Å². The molecule has 1 unspecified atom stereocenters. The molecule has 2 aromatic carbocycles. The molecule has 3 aromatic rings. The lowest BCUT2D eigenvalue weighted by molar-refractivity contribution is -0.143. The van der Waals surface area contributed by atoms with Crippen molar-refractivity contribution in [3.8, 4) is 0 Å². The van der Waals surface area contributed by atoms with Crippen LogP contribution in [-0.2, 0) is 22.6 Å². The fourth-order valence-corrected chi connectivity index (χ4v) is 3.81. The van der Waals surface area contributed by atoms with Gasteiger partial charge in [-0.25, -0.2) is 4.68 Å². The summed E-state index contributed by atoms with van der Waals surface area (Å²) >= 11 is 0. The summed E-state index contributed by atoms with van der Waals surface area (Å²) in [6.07, 6.45) is 0.428. The van der Waals surface area contributed by atoms with Gasteiger partial charge in [0.05, 0.1) is 17.3 Å². The lowest BCUT2D eigenvalue weighted by atomic mass is 10.0. The van der Waals surface area contributed by atoms with Gasteiger partial charge in [0.15, 0.2) is 0 Å². The zero-order chi connectivity index (χ0) is 21.1. The third kappa shape index (κ3) is 3.89. The van der Waals surface area contributed by atoms with Crippen molar-refractivity contribution in [1.29, 1.82) is 0 Å². The van der Waals surface area contributed by atoms with Gasteiger partial charge < -0.3 is 10.2 Å². The average molecular weight is 406 g/mol. The molecule has 0 spiro atoms. The number of amides is 2. The van der Waals surface area contributed by atoms with Crippen LogP contribution >= 0.6 is 0 Å². The second-order valence-electron chi connectivity index (χ2n) is 7.28. The summed E-state index contributed by atoms with van der Waals surface area (Å²) in [5.74, 6) is -0.415. The van der Waals surface area contributed by atoms with Crippen LogP contribution < -0.4 is 16.4 Å². The van der Waals surface area contributed by atoms with Gasteiger partial charge in [0.25, 0.3) is 11.1 Å². The molecule has 0 bridgehead atoms. The summed E-state index contributed by atoms with van der Waals surface area (Å²) in [7, 11) is 0. The maximum atomic E-state index is 12.9. The Labute approximate surface area is 172 Å². The number of carbonyl (C=O) groups excluding carboxylic acids is 2. The summed E-state index contributed by atoms with van der Waals surface area (Å²) in [6, 6.07) is 15.5. The normalized spacial score (nSPS) is 16.5. The van der Waals surface area contributed by atoms with Gasteiger partial charge in [0, 0.05) is 25.9 Å². The Morgan fingerprint density at radius 3 is 2.43 bits per heavy atom. The zero-order valence-corrected chi connectivity index (χ0v) is 16.3. The predicted molar refractivity (Wildman–Crippen MR) is 112 cm³/mol. The van der Waals surface area contributed by atoms with E-state index in [9.17, 15) is 19.2 Å². The number of hydrogen-bond donors (Lipinski definition) is 2. The molecule has 0 radical (unpaired) electrons. The number of benzene rings is 2. The van der Waals surface area contributed by atoms with Crippen molar-refractivity contribution in [1.82, 2.24) is 20.0 Å². The number of carbonyl (C=O) groups is 2. The van der Waals surface area contributed by atoms with E-state index >= 15 is 0 Å². The first kappa shape index (κ1) is 19.6. The van der Waals surface area contributed by atoms with Gasteiger partial charge >= 0.3 is 0 Å². The van der Waals surface area contributed by atoms with Gasteiger partial charge in [0.1, 0.15) is 6.04 Å². The number of aromatic nitrogens is 2. The Kier molecular flexibility index (Phi) is 5.47. The Hall–Kier alpha value is -3.68. The number of nitrogens with one attached hydrogen (secondary N) is 2. The number of aromatic amines is 1. The summed E-state index contributed by atoms with van der Waals surface area (Å²) in [6.45, 7) is 0.835. The standard InChI is InChI=1S/C22H22N4O4/c27-19(10-12-26-22(30)17-9-5-4-8-16(17)20(28)24-26)25-13-11-23-21(29)18(25)14-15-6-2-1-3-7-15/h1-9,18H,10-14H2,(H,23,29)(H,24,28). The molecule has 2 N–H and O–H groups in total. The van der Waals surface area contributed by atoms with Gasteiger partial charge in [-0.2, -0.15) is 0 Å². The number of aryl methyl sites for hydroxylation is 1. The van der Waals surface area contributed by atoms with Gasteiger partial charge in [0.2, 0.25) is 11.8 Å². The molecule has 30 heavy (non-hydrogen) atoms. The highest BCUT2D eigenvalue weighted by Crippen LogP contribution is 2.14. The Bertz CT molecular complexity index is 1200. The molecule has 1 aliphatic rings. The highest BCUT2D eigenvalue weighted by molar-refractivity contribution is 5.89. The molecule has 1 aliphatic heterocycles. The predicted octanol–water partition coefficient (Wildman–Crippen LogP) is 0.650. The first-order chi connectivity index (χ1) is 14.5. The summed E-state index contributed by atoms with van der Waals surface area (Å²) in [5.41, 5.74) is 0.236. The molecule has 154 valence electrons. The second-order valence-corrected chi connectivity index (χ2v) is 7.28. The van der Waals surface area contributed by atoms with Crippen molar-refractivity contribution in [2.24, 2.45) is 0 Å². The third-order valence-electron chi connectivity index (χ3n) is 5.36. The fraction of sp³-hybridized carbons (Fsp3) is 0.273. The molecule has 4 rings (SSSR count). The third-order valence-corrected chi connectivity index (χ3v) is 5.36. The molecule has 1 aromatic heterocycles. The Balaban J connectivity index is 1.52. The number of rotatable bonds is 5. The van der Waals surface area contributed by atoms with Crippen LogP contribution in [0, 0.1) is 0 Å². The first-order valence-electron chi connectivity index (χ1n) is 9.87. The van der Waals surface area contributed by atoms with Gasteiger partial charge in [-0.05, 0) is 17.7 Å². The largest absolute Gasteiger partial charge is 0.353 e. The van der Waals surface area contributed by atoms with E-state index in [1.54, 1.807) is 29.2 Å². The first-order valence-corrected chi connectivity index (χ1v) is 9.87. The SMILES string of the molecule is O=C1NCCN(C(=O)CCn2[nH]c(=O)c3ccccc3c2=O)C1Cc1ccccc1. The number of piperazine rings is 1. The minimum absolute atomic E-state index is 0.00670. The highest BCUT2D eigenvalue weighted by atomic mass is 16.2. The lowest BCUT2D eigenvalue weighted by Gasteiger charge is -2.35. The minimum atomic E-state index is -0.596. The van der Waals surface area contributed by atoms with Crippen molar-refractivity contribution in [3.63, 3.8) is 0 Å². The van der Waals surface area contributed by atoms with E-state index in [0.29, 0.717) is 30.3 Å². The number of nitrogens with zero attached hydrogens (tertiary/aromatic N) is 2. The molecule has 2 amide bonds. The molecule has 1 atom stereocenters. The van der Waals surface area contributed by atoms with Gasteiger partial charge in [-0.1, -0.05) is 42.5 Å². The molecule has 2 heterocycles. The molecule has 1 fully saturated rings. The van der Waals surface area contributed by atoms with Gasteiger partial charge in [-0.3, -0.25) is 24.3 Å². The number of hydrogen-bond acceptors (Lipinski definition) is 4. The summed E-state index contributed by atoms with van der Waals surface area (Å²) in [5, 5.41) is 5.98. The maximum Gasteiger partial charge on any atom is 0.273 e. The van der Waals surface area contributed by atoms with E-state index in [1.165, 1.54) is 4.68 Å². The van der Waals surface area contributed by atoms with Crippen LogP contribution in [0.15, 0.2) is 64.2 Å². The topological polar surface area (TPSA) is 104 Å².